The van der Waals surface area contributed by atoms with Crippen molar-refractivity contribution >= 4 is 27.6 Å². The maximum absolute atomic E-state index is 5.53. The number of hydrogen-bond donors (Lipinski definition) is 1. The molecule has 0 radical (unpaired) electrons. The minimum Gasteiger partial charge on any atom is -0.379 e. The highest BCUT2D eigenvalue weighted by Crippen LogP contribution is 2.31. The third kappa shape index (κ3) is 4.32. The summed E-state index contributed by atoms with van der Waals surface area (Å²) in [6.45, 7) is 9.52. The molecule has 10 heteroatoms. The fourth-order valence-corrected chi connectivity index (χ4v) is 6.19. The molecule has 3 aromatic heterocycles. The van der Waals surface area contributed by atoms with Gasteiger partial charge >= 0.3 is 0 Å². The summed E-state index contributed by atoms with van der Waals surface area (Å²) in [4.78, 5) is 13.4. The number of aromatic nitrogens is 5. The van der Waals surface area contributed by atoms with Crippen LogP contribution in [-0.4, -0.2) is 80.6 Å². The molecule has 9 nitrogen and oxygen atoms in total. The van der Waals surface area contributed by atoms with E-state index in [2.05, 4.69) is 32.8 Å². The number of nitrogens with one attached hydrogen (secondary N) is 1. The second-order valence-electron chi connectivity index (χ2n) is 10.2. The number of aryl methyl sites for hydroxylation is 1. The highest BCUT2D eigenvalue weighted by atomic mass is 32.1. The normalized spacial score (nSPS) is 25.4. The van der Waals surface area contributed by atoms with E-state index >= 15 is 0 Å². The van der Waals surface area contributed by atoms with E-state index in [1.165, 1.54) is 24.4 Å². The average Bonchev–Trinajstić information content (AvgIpc) is 3.46. The lowest BCUT2D eigenvalue weighted by atomic mass is 9.90. The number of hydrogen-bond acceptors (Lipinski definition) is 9. The molecular formula is C24H33N7O2S. The molecule has 3 aliphatic rings. The molecule has 182 valence electrons. The second kappa shape index (κ2) is 9.14. The molecule has 0 amide bonds. The Morgan fingerprint density at radius 2 is 1.91 bits per heavy atom. The van der Waals surface area contributed by atoms with Gasteiger partial charge in [0.15, 0.2) is 0 Å². The monoisotopic (exact) mass is 483 g/mol. The van der Waals surface area contributed by atoms with Crippen molar-refractivity contribution in [1.29, 1.82) is 0 Å². The van der Waals surface area contributed by atoms with Gasteiger partial charge in [0.2, 0.25) is 0 Å². The van der Waals surface area contributed by atoms with E-state index < -0.39 is 0 Å². The van der Waals surface area contributed by atoms with Gasteiger partial charge in [-0.3, -0.25) is 9.58 Å². The van der Waals surface area contributed by atoms with Gasteiger partial charge in [-0.05, 0) is 56.6 Å². The molecule has 1 N–H and O–H groups in total. The summed E-state index contributed by atoms with van der Waals surface area (Å²) in [5.74, 6) is 1.75. The third-order valence-electron chi connectivity index (χ3n) is 7.53. The van der Waals surface area contributed by atoms with Gasteiger partial charge in [0.1, 0.15) is 22.0 Å². The number of anilines is 1. The third-order valence-corrected chi connectivity index (χ3v) is 8.36. The lowest BCUT2D eigenvalue weighted by molar-refractivity contribution is -0.0958. The zero-order chi connectivity index (χ0) is 23.1. The van der Waals surface area contributed by atoms with E-state index in [1.54, 1.807) is 0 Å². The Hall–Kier alpha value is -2.14. The predicted octanol–water partition coefficient (Wildman–Crippen LogP) is 2.98. The van der Waals surface area contributed by atoms with E-state index in [9.17, 15) is 0 Å². The Morgan fingerprint density at radius 3 is 2.65 bits per heavy atom. The van der Waals surface area contributed by atoms with Crippen LogP contribution in [0.2, 0.25) is 0 Å². The molecule has 1 aliphatic carbocycles. The number of fused-ring (bicyclic) bond motifs is 1. The number of ether oxygens (including phenoxy) is 2. The van der Waals surface area contributed by atoms with E-state index in [-0.39, 0.29) is 5.54 Å². The Labute approximate surface area is 204 Å². The van der Waals surface area contributed by atoms with Crippen LogP contribution in [0.4, 0.5) is 5.82 Å². The van der Waals surface area contributed by atoms with Gasteiger partial charge in [-0.1, -0.05) is 0 Å². The first-order chi connectivity index (χ1) is 16.6. The maximum atomic E-state index is 5.53. The molecule has 3 fully saturated rings. The van der Waals surface area contributed by atoms with Crippen LogP contribution in [0.15, 0.2) is 12.4 Å². The highest BCUT2D eigenvalue weighted by molar-refractivity contribution is 7.13. The molecule has 2 saturated heterocycles. The summed E-state index contributed by atoms with van der Waals surface area (Å²) in [5, 5.41) is 9.43. The standard InChI is InChI=1S/C24H33N7O2S/c1-16-21-22(26-18-3-5-19(6-4-18)30-7-9-32-10-8-30)27-20(28-23(21)34-29-16)11-17-12-25-31(13-17)24(2)14-33-15-24/h12-13,18-19H,3-11,14-15H2,1-2H3,(H,26,27,28). The van der Waals surface area contributed by atoms with Gasteiger partial charge in [0, 0.05) is 37.8 Å². The Balaban J connectivity index is 1.17. The van der Waals surface area contributed by atoms with Gasteiger partial charge in [0.25, 0.3) is 0 Å². The second-order valence-corrected chi connectivity index (χ2v) is 10.9. The number of nitrogens with zero attached hydrogens (tertiary/aromatic N) is 6. The van der Waals surface area contributed by atoms with Crippen molar-refractivity contribution < 1.29 is 9.47 Å². The first-order valence-electron chi connectivity index (χ1n) is 12.4. The van der Waals surface area contributed by atoms with E-state index in [0.717, 1.165) is 72.3 Å². The van der Waals surface area contributed by atoms with Crippen molar-refractivity contribution in [2.75, 3.05) is 44.8 Å². The fraction of sp³-hybridized carbons (Fsp3) is 0.667. The summed E-state index contributed by atoms with van der Waals surface area (Å²) >= 11 is 1.46. The largest absolute Gasteiger partial charge is 0.379 e. The SMILES string of the molecule is Cc1nsc2nc(Cc3cnn(C4(C)COC4)c3)nc(NC3CCC(N4CCOCC4)CC3)c12. The topological polar surface area (TPSA) is 90.2 Å². The summed E-state index contributed by atoms with van der Waals surface area (Å²) in [7, 11) is 0. The van der Waals surface area contributed by atoms with E-state index in [0.29, 0.717) is 31.7 Å². The molecule has 0 atom stereocenters. The van der Waals surface area contributed by atoms with Crippen LogP contribution in [0.5, 0.6) is 0 Å². The van der Waals surface area contributed by atoms with Gasteiger partial charge in [0.05, 0.1) is 43.7 Å². The molecule has 0 aromatic carbocycles. The van der Waals surface area contributed by atoms with Gasteiger partial charge in [-0.2, -0.15) is 9.47 Å². The first kappa shape index (κ1) is 22.3. The van der Waals surface area contributed by atoms with Gasteiger partial charge in [-0.15, -0.1) is 0 Å². The lowest BCUT2D eigenvalue weighted by Crippen LogP contribution is -2.49. The van der Waals surface area contributed by atoms with Crippen LogP contribution in [0.1, 0.15) is 49.7 Å². The molecule has 6 rings (SSSR count). The maximum Gasteiger partial charge on any atom is 0.149 e. The lowest BCUT2D eigenvalue weighted by Gasteiger charge is -2.39. The average molecular weight is 484 g/mol. The Kier molecular flexibility index (Phi) is 6.00. The molecule has 2 aliphatic heterocycles. The van der Waals surface area contributed by atoms with Crippen molar-refractivity contribution in [3.8, 4) is 0 Å². The van der Waals surface area contributed by atoms with Crippen LogP contribution in [-0.2, 0) is 21.4 Å². The van der Waals surface area contributed by atoms with Crippen LogP contribution in [0.3, 0.4) is 0 Å². The van der Waals surface area contributed by atoms with Crippen molar-refractivity contribution in [3.05, 3.63) is 29.5 Å². The summed E-state index contributed by atoms with van der Waals surface area (Å²) in [6, 6.07) is 1.12. The van der Waals surface area contributed by atoms with Crippen molar-refractivity contribution in [3.63, 3.8) is 0 Å². The number of morpholine rings is 1. The molecule has 1 saturated carbocycles. The smallest absolute Gasteiger partial charge is 0.149 e. The molecule has 5 heterocycles. The highest BCUT2D eigenvalue weighted by Gasteiger charge is 2.36. The minimum absolute atomic E-state index is 0.0371. The van der Waals surface area contributed by atoms with Crippen molar-refractivity contribution in [2.45, 2.75) is 63.6 Å². The zero-order valence-electron chi connectivity index (χ0n) is 20.0. The van der Waals surface area contributed by atoms with E-state index in [1.807, 2.05) is 17.8 Å². The van der Waals surface area contributed by atoms with Crippen LogP contribution in [0.25, 0.3) is 10.2 Å². The molecule has 0 bridgehead atoms. The predicted molar refractivity (Wildman–Crippen MR) is 132 cm³/mol. The molecule has 0 spiro atoms. The van der Waals surface area contributed by atoms with Crippen molar-refractivity contribution in [1.82, 2.24) is 29.0 Å². The van der Waals surface area contributed by atoms with Crippen LogP contribution < -0.4 is 5.32 Å². The first-order valence-corrected chi connectivity index (χ1v) is 13.2. The van der Waals surface area contributed by atoms with Crippen LogP contribution in [0, 0.1) is 6.92 Å². The van der Waals surface area contributed by atoms with Crippen LogP contribution >= 0.6 is 11.5 Å². The van der Waals surface area contributed by atoms with Crippen molar-refractivity contribution in [2.24, 2.45) is 0 Å². The molecule has 34 heavy (non-hydrogen) atoms. The quantitative estimate of drug-likeness (QED) is 0.572. The fourth-order valence-electron chi connectivity index (χ4n) is 5.40. The molecule has 0 unspecified atom stereocenters. The summed E-state index contributed by atoms with van der Waals surface area (Å²) in [5.41, 5.74) is 2.08. The Morgan fingerprint density at radius 1 is 1.12 bits per heavy atom. The summed E-state index contributed by atoms with van der Waals surface area (Å²) < 4.78 is 17.5. The molecular weight excluding hydrogens is 450 g/mol. The van der Waals surface area contributed by atoms with E-state index in [4.69, 9.17) is 19.4 Å². The summed E-state index contributed by atoms with van der Waals surface area (Å²) in [6.07, 6.45) is 9.45. The zero-order valence-corrected chi connectivity index (χ0v) is 20.8. The number of rotatable bonds is 6. The molecule has 3 aromatic rings. The van der Waals surface area contributed by atoms with Gasteiger partial charge in [-0.25, -0.2) is 9.97 Å². The van der Waals surface area contributed by atoms with Gasteiger partial charge < -0.3 is 14.8 Å². The minimum atomic E-state index is -0.0371. The Bertz CT molecular complexity index is 1140.